The van der Waals surface area contributed by atoms with Crippen LogP contribution in [-0.4, -0.2) is 37.3 Å². The molecule has 0 radical (unpaired) electrons. The molecule has 0 unspecified atom stereocenters. The summed E-state index contributed by atoms with van der Waals surface area (Å²) in [5, 5.41) is 6.58. The van der Waals surface area contributed by atoms with Crippen molar-refractivity contribution in [3.63, 3.8) is 0 Å². The number of nitrogens with one attached hydrogen (secondary N) is 1. The Labute approximate surface area is 159 Å². The minimum atomic E-state index is -4.77. The van der Waals surface area contributed by atoms with Gasteiger partial charge in [-0.15, -0.1) is 0 Å². The van der Waals surface area contributed by atoms with E-state index in [1.54, 1.807) is 0 Å². The summed E-state index contributed by atoms with van der Waals surface area (Å²) >= 11 is 5.78. The lowest BCUT2D eigenvalue weighted by Gasteiger charge is -2.32. The molecule has 3 rings (SSSR count). The summed E-state index contributed by atoms with van der Waals surface area (Å²) in [6.07, 6.45) is 3.11. The van der Waals surface area contributed by atoms with Gasteiger partial charge in [-0.1, -0.05) is 24.1 Å². The number of halogens is 2. The van der Waals surface area contributed by atoms with E-state index in [1.165, 1.54) is 23.1 Å². The van der Waals surface area contributed by atoms with Gasteiger partial charge in [0.05, 0.1) is 0 Å². The van der Waals surface area contributed by atoms with Crippen LogP contribution in [-0.2, 0) is 11.1 Å². The van der Waals surface area contributed by atoms with Crippen LogP contribution >= 0.6 is 19.4 Å². The Bertz CT molecular complexity index is 883. The summed E-state index contributed by atoms with van der Waals surface area (Å²) < 4.78 is 29.6. The number of hydrogen-bond donors (Lipinski definition) is 3. The van der Waals surface area contributed by atoms with Crippen LogP contribution in [0.25, 0.3) is 0 Å². The Kier molecular flexibility index (Phi) is 5.86. The van der Waals surface area contributed by atoms with Gasteiger partial charge in [0.15, 0.2) is 5.69 Å². The van der Waals surface area contributed by atoms with Crippen LogP contribution < -0.4 is 4.52 Å². The minimum absolute atomic E-state index is 0.0121. The predicted molar refractivity (Wildman–Crippen MR) is 94.8 cm³/mol. The fourth-order valence-corrected chi connectivity index (χ4v) is 3.37. The van der Waals surface area contributed by atoms with E-state index < -0.39 is 13.6 Å². The normalized spacial score (nSPS) is 14.7. The van der Waals surface area contributed by atoms with Crippen molar-refractivity contribution in [2.45, 2.75) is 25.8 Å². The molecule has 146 valence electrons. The van der Waals surface area contributed by atoms with Gasteiger partial charge in [-0.2, -0.15) is 5.10 Å². The topological polar surface area (TPSA) is 116 Å². The first-order valence-electron chi connectivity index (χ1n) is 8.25. The summed E-state index contributed by atoms with van der Waals surface area (Å²) in [6, 6.07) is 4.87. The molecule has 1 aromatic carbocycles. The largest absolute Gasteiger partial charge is 0.524 e. The van der Waals surface area contributed by atoms with Crippen LogP contribution in [0.2, 0.25) is 5.15 Å². The average Bonchev–Trinajstić information content (AvgIpc) is 2.96. The van der Waals surface area contributed by atoms with E-state index in [4.69, 9.17) is 21.4 Å². The molecule has 1 fully saturated rings. The second kappa shape index (κ2) is 7.98. The average molecular weight is 418 g/mol. The molecule has 0 bridgehead atoms. The molecule has 1 heterocycles. The molecule has 0 atom stereocenters. The van der Waals surface area contributed by atoms with Crippen LogP contribution in [0.1, 0.15) is 35.3 Å². The lowest BCUT2D eigenvalue weighted by molar-refractivity contribution is 0.0671. The van der Waals surface area contributed by atoms with E-state index in [0.29, 0.717) is 12.5 Å². The smallest absolute Gasteiger partial charge is 0.404 e. The third-order valence-electron chi connectivity index (χ3n) is 4.37. The highest BCUT2D eigenvalue weighted by atomic mass is 35.5. The second-order valence-electron chi connectivity index (χ2n) is 6.42. The zero-order valence-electron chi connectivity index (χ0n) is 14.1. The van der Waals surface area contributed by atoms with Gasteiger partial charge >= 0.3 is 7.82 Å². The van der Waals surface area contributed by atoms with Crippen molar-refractivity contribution >= 4 is 25.3 Å². The summed E-state index contributed by atoms with van der Waals surface area (Å²) in [5.74, 6) is -1.04. The molecule has 1 amide bonds. The molecule has 1 aromatic heterocycles. The Morgan fingerprint density at radius 3 is 2.67 bits per heavy atom. The first-order valence-corrected chi connectivity index (χ1v) is 10.2. The van der Waals surface area contributed by atoms with E-state index in [2.05, 4.69) is 14.7 Å². The van der Waals surface area contributed by atoms with Crippen molar-refractivity contribution in [3.05, 3.63) is 46.5 Å². The summed E-state index contributed by atoms with van der Waals surface area (Å²) in [7, 11) is -4.77. The number of aromatic nitrogens is 2. The van der Waals surface area contributed by atoms with E-state index in [-0.39, 0.29) is 34.6 Å². The molecular weight excluding hydrogens is 400 g/mol. The van der Waals surface area contributed by atoms with Crippen molar-refractivity contribution in [2.75, 3.05) is 6.54 Å². The van der Waals surface area contributed by atoms with Gasteiger partial charge < -0.3 is 9.42 Å². The van der Waals surface area contributed by atoms with Crippen LogP contribution in [0.4, 0.5) is 4.39 Å². The number of hydrogen-bond acceptors (Lipinski definition) is 4. The SMILES string of the molecule is O=C(c1cc(Cl)[nH]n1)N(Cc1ccc(OP(=O)(O)O)cc1F)CC1CCC1. The van der Waals surface area contributed by atoms with E-state index >= 15 is 0 Å². The van der Waals surface area contributed by atoms with Crippen molar-refractivity contribution in [2.24, 2.45) is 5.92 Å². The second-order valence-corrected chi connectivity index (χ2v) is 7.99. The molecule has 0 aliphatic heterocycles. The number of nitrogens with zero attached hydrogens (tertiary/aromatic N) is 2. The number of rotatable bonds is 7. The van der Waals surface area contributed by atoms with Crippen molar-refractivity contribution in [1.29, 1.82) is 0 Å². The fraction of sp³-hybridized carbons (Fsp3) is 0.375. The fourth-order valence-electron chi connectivity index (χ4n) is 2.83. The molecule has 2 aromatic rings. The first kappa shape index (κ1) is 19.8. The predicted octanol–water partition coefficient (Wildman–Crippen LogP) is 3.12. The number of phosphoric ester groups is 1. The lowest BCUT2D eigenvalue weighted by Crippen LogP contribution is -2.37. The minimum Gasteiger partial charge on any atom is -0.404 e. The number of phosphoric acid groups is 1. The van der Waals surface area contributed by atoms with E-state index in [0.717, 1.165) is 25.3 Å². The maximum absolute atomic E-state index is 14.4. The monoisotopic (exact) mass is 417 g/mol. The maximum Gasteiger partial charge on any atom is 0.524 e. The Morgan fingerprint density at radius 1 is 1.41 bits per heavy atom. The number of H-pyrrole nitrogens is 1. The molecule has 11 heteroatoms. The highest BCUT2D eigenvalue weighted by molar-refractivity contribution is 7.46. The first-order chi connectivity index (χ1) is 12.7. The highest BCUT2D eigenvalue weighted by Crippen LogP contribution is 2.38. The molecule has 3 N–H and O–H groups in total. The van der Waals surface area contributed by atoms with Crippen molar-refractivity contribution < 1.29 is 28.1 Å². The van der Waals surface area contributed by atoms with Crippen LogP contribution in [0.5, 0.6) is 5.75 Å². The summed E-state index contributed by atoms with van der Waals surface area (Å²) in [6.45, 7) is 0.450. The Balaban J connectivity index is 1.78. The van der Waals surface area contributed by atoms with Crippen LogP contribution in [0.15, 0.2) is 24.3 Å². The van der Waals surface area contributed by atoms with Gasteiger partial charge in [0, 0.05) is 30.8 Å². The zero-order valence-corrected chi connectivity index (χ0v) is 15.8. The molecule has 1 saturated carbocycles. The van der Waals surface area contributed by atoms with Gasteiger partial charge in [0.2, 0.25) is 0 Å². The number of benzene rings is 1. The van der Waals surface area contributed by atoms with E-state index in [1.807, 2.05) is 0 Å². The Morgan fingerprint density at radius 2 is 2.15 bits per heavy atom. The van der Waals surface area contributed by atoms with Crippen LogP contribution in [0, 0.1) is 11.7 Å². The van der Waals surface area contributed by atoms with Gasteiger partial charge in [0.1, 0.15) is 16.7 Å². The number of amides is 1. The molecule has 8 nitrogen and oxygen atoms in total. The Hall–Kier alpha value is -1.93. The third-order valence-corrected chi connectivity index (χ3v) is 5.01. The molecule has 0 saturated heterocycles. The number of carbonyl (C=O) groups is 1. The molecule has 0 spiro atoms. The quantitative estimate of drug-likeness (QED) is 0.596. The summed E-state index contributed by atoms with van der Waals surface area (Å²) in [5.41, 5.74) is 0.337. The zero-order chi connectivity index (χ0) is 19.6. The van der Waals surface area contributed by atoms with Crippen molar-refractivity contribution in [1.82, 2.24) is 15.1 Å². The molecular formula is C16H18ClFN3O5P. The maximum atomic E-state index is 14.4. The van der Waals surface area contributed by atoms with Crippen LogP contribution in [0.3, 0.4) is 0 Å². The van der Waals surface area contributed by atoms with Gasteiger partial charge in [0.25, 0.3) is 5.91 Å². The lowest BCUT2D eigenvalue weighted by atomic mass is 9.85. The van der Waals surface area contributed by atoms with Gasteiger partial charge in [-0.3, -0.25) is 19.7 Å². The third kappa shape index (κ3) is 5.29. The van der Waals surface area contributed by atoms with Crippen molar-refractivity contribution in [3.8, 4) is 5.75 Å². The van der Waals surface area contributed by atoms with E-state index in [9.17, 15) is 13.8 Å². The molecule has 27 heavy (non-hydrogen) atoms. The molecule has 1 aliphatic carbocycles. The molecule has 1 aliphatic rings. The van der Waals surface area contributed by atoms with Gasteiger partial charge in [-0.05, 0) is 24.8 Å². The number of carbonyl (C=O) groups excluding carboxylic acids is 1. The highest BCUT2D eigenvalue weighted by Gasteiger charge is 2.27. The standard InChI is InChI=1S/C16H18ClFN3O5P/c17-15-7-14(19-20-15)16(22)21(8-10-2-1-3-10)9-11-4-5-12(6-13(11)18)26-27(23,24)25/h4-7,10H,1-3,8-9H2,(H,19,20)(H2,23,24,25). The van der Waals surface area contributed by atoms with Gasteiger partial charge in [-0.25, -0.2) is 8.96 Å². The summed E-state index contributed by atoms with van der Waals surface area (Å²) in [4.78, 5) is 31.8. The number of aromatic amines is 1.